The van der Waals surface area contributed by atoms with E-state index in [-0.39, 0.29) is 56.3 Å². The maximum Gasteiger partial charge on any atom is 0.337 e. The Bertz CT molecular complexity index is 1840. The molecule has 2 N–H and O–H groups in total. The summed E-state index contributed by atoms with van der Waals surface area (Å²) >= 11 is 0. The molecule has 0 spiro atoms. The fraction of sp³-hybridized carbons (Fsp3) is 0.0625. The van der Waals surface area contributed by atoms with Crippen LogP contribution in [0.4, 0.5) is 11.4 Å². The Kier molecular flexibility index (Phi) is 6.15. The van der Waals surface area contributed by atoms with Gasteiger partial charge in [-0.15, -0.1) is 0 Å². The number of amides is 4. The number of carboxylic acid groups (broad SMARTS) is 2. The molecule has 0 aromatic heterocycles. The number of nitrogens with zero attached hydrogens (tertiary/aromatic N) is 2. The zero-order chi connectivity index (χ0) is 30.7. The Hall–Kier alpha value is -6.10. The third-order valence-corrected chi connectivity index (χ3v) is 7.20. The molecule has 6 rings (SSSR count). The van der Waals surface area contributed by atoms with Crippen LogP contribution >= 0.6 is 0 Å². The van der Waals surface area contributed by atoms with Gasteiger partial charge in [0.2, 0.25) is 0 Å². The molecule has 0 fully saturated rings. The topological polar surface area (TPSA) is 159 Å². The molecule has 0 atom stereocenters. The number of anilines is 2. The Morgan fingerprint density at radius 2 is 0.907 bits per heavy atom. The van der Waals surface area contributed by atoms with E-state index >= 15 is 0 Å². The van der Waals surface area contributed by atoms with Crippen LogP contribution in [0.3, 0.4) is 0 Å². The van der Waals surface area contributed by atoms with Crippen molar-refractivity contribution in [2.24, 2.45) is 0 Å². The zero-order valence-electron chi connectivity index (χ0n) is 22.6. The molecule has 11 heteroatoms. The van der Waals surface area contributed by atoms with Gasteiger partial charge in [0.1, 0.15) is 11.5 Å². The first-order valence-corrected chi connectivity index (χ1v) is 12.9. The van der Waals surface area contributed by atoms with Gasteiger partial charge in [0, 0.05) is 0 Å². The normalized spacial score (nSPS) is 13.8. The minimum absolute atomic E-state index is 0.00132. The van der Waals surface area contributed by atoms with Crippen molar-refractivity contribution in [1.82, 2.24) is 0 Å². The van der Waals surface area contributed by atoms with Gasteiger partial charge in [-0.05, 0) is 74.5 Å². The second kappa shape index (κ2) is 9.77. The van der Waals surface area contributed by atoms with E-state index in [0.717, 1.165) is 9.80 Å². The number of aromatic carboxylic acids is 2. The van der Waals surface area contributed by atoms with Crippen LogP contribution in [0.2, 0.25) is 0 Å². The number of aryl methyl sites for hydroxylation is 2. The highest BCUT2D eigenvalue weighted by molar-refractivity contribution is 6.36. The molecule has 4 aromatic rings. The summed E-state index contributed by atoms with van der Waals surface area (Å²) in [6.45, 7) is 3.38. The van der Waals surface area contributed by atoms with Gasteiger partial charge in [-0.2, -0.15) is 0 Å². The second-order valence-corrected chi connectivity index (χ2v) is 10.1. The van der Waals surface area contributed by atoms with Crippen molar-refractivity contribution in [2.45, 2.75) is 13.8 Å². The van der Waals surface area contributed by atoms with Crippen molar-refractivity contribution in [1.29, 1.82) is 0 Å². The van der Waals surface area contributed by atoms with Crippen molar-refractivity contribution in [3.8, 4) is 11.5 Å². The first-order chi connectivity index (χ1) is 20.5. The SMILES string of the molecule is Cc1ccc(N2C(=O)c3ccc(Oc4ccc5c(c4)C(=O)N(c4ccc(C)cc4C(=O)O)C5=O)cc3C2=O)c(C(=O)O)c1. The predicted molar refractivity (Wildman–Crippen MR) is 152 cm³/mol. The molecule has 0 radical (unpaired) electrons. The highest BCUT2D eigenvalue weighted by atomic mass is 16.5. The fourth-order valence-corrected chi connectivity index (χ4v) is 5.17. The van der Waals surface area contributed by atoms with E-state index in [1.54, 1.807) is 26.0 Å². The number of hydrogen-bond acceptors (Lipinski definition) is 7. The van der Waals surface area contributed by atoms with Crippen molar-refractivity contribution in [3.63, 3.8) is 0 Å². The number of carboxylic acids is 2. The highest BCUT2D eigenvalue weighted by Crippen LogP contribution is 2.37. The van der Waals surface area contributed by atoms with Crippen molar-refractivity contribution in [3.05, 3.63) is 117 Å². The van der Waals surface area contributed by atoms with Crippen LogP contribution in [-0.4, -0.2) is 45.8 Å². The van der Waals surface area contributed by atoms with Crippen LogP contribution in [0.15, 0.2) is 72.8 Å². The van der Waals surface area contributed by atoms with E-state index in [9.17, 15) is 39.0 Å². The molecule has 2 aliphatic heterocycles. The largest absolute Gasteiger partial charge is 0.478 e. The molecule has 43 heavy (non-hydrogen) atoms. The van der Waals surface area contributed by atoms with E-state index in [2.05, 4.69) is 0 Å². The number of ether oxygens (including phenoxy) is 1. The van der Waals surface area contributed by atoms with Gasteiger partial charge in [-0.25, -0.2) is 19.4 Å². The number of carbonyl (C=O) groups excluding carboxylic acids is 4. The molecule has 0 saturated heterocycles. The van der Waals surface area contributed by atoms with Crippen LogP contribution in [0.1, 0.15) is 73.3 Å². The van der Waals surface area contributed by atoms with Crippen LogP contribution in [0.5, 0.6) is 11.5 Å². The third-order valence-electron chi connectivity index (χ3n) is 7.20. The van der Waals surface area contributed by atoms with Gasteiger partial charge >= 0.3 is 11.9 Å². The maximum atomic E-state index is 13.3. The Labute approximate surface area is 243 Å². The summed E-state index contributed by atoms with van der Waals surface area (Å²) in [5.41, 5.74) is 0.906. The molecule has 2 heterocycles. The molecular formula is C32H20N2O9. The van der Waals surface area contributed by atoms with Gasteiger partial charge in [-0.1, -0.05) is 23.3 Å². The Morgan fingerprint density at radius 3 is 1.28 bits per heavy atom. The number of hydrogen-bond donors (Lipinski definition) is 2. The van der Waals surface area contributed by atoms with E-state index < -0.39 is 35.6 Å². The van der Waals surface area contributed by atoms with Crippen LogP contribution in [-0.2, 0) is 0 Å². The van der Waals surface area contributed by atoms with Gasteiger partial charge in [0.15, 0.2) is 0 Å². The molecule has 0 saturated carbocycles. The van der Waals surface area contributed by atoms with E-state index in [4.69, 9.17) is 4.74 Å². The molecule has 2 aliphatic rings. The lowest BCUT2D eigenvalue weighted by Gasteiger charge is -2.16. The smallest absolute Gasteiger partial charge is 0.337 e. The summed E-state index contributed by atoms with van der Waals surface area (Å²) in [5, 5.41) is 19.3. The average molecular weight is 577 g/mol. The molecule has 212 valence electrons. The first kappa shape index (κ1) is 27.1. The number of carbonyl (C=O) groups is 6. The molecule has 0 aliphatic carbocycles. The minimum atomic E-state index is -1.29. The van der Waals surface area contributed by atoms with Crippen molar-refractivity contribution < 1.29 is 43.7 Å². The lowest BCUT2D eigenvalue weighted by atomic mass is 10.1. The number of benzene rings is 4. The molecule has 4 aromatic carbocycles. The van der Waals surface area contributed by atoms with Gasteiger partial charge in [0.25, 0.3) is 23.6 Å². The summed E-state index contributed by atoms with van der Waals surface area (Å²) in [7, 11) is 0. The standard InChI is InChI=1S/C32H20N2O9/c1-15-3-9-25(23(11-15)31(39)40)33-27(35)19-7-5-17(13-21(19)29(33)37)43-18-6-8-20-22(14-18)30(38)34(28(20)36)26-10-4-16(2)12-24(26)32(41)42/h3-14H,1-2H3,(H,39,40)(H,41,42). The van der Waals surface area contributed by atoms with Gasteiger partial charge < -0.3 is 14.9 Å². The lowest BCUT2D eigenvalue weighted by Crippen LogP contribution is -2.31. The minimum Gasteiger partial charge on any atom is -0.478 e. The summed E-state index contributed by atoms with van der Waals surface area (Å²) in [6, 6.07) is 17.1. The maximum absolute atomic E-state index is 13.3. The lowest BCUT2D eigenvalue weighted by molar-refractivity contribution is 0.0686. The molecule has 0 unspecified atom stereocenters. The third kappa shape index (κ3) is 4.30. The summed E-state index contributed by atoms with van der Waals surface area (Å²) in [6.07, 6.45) is 0. The van der Waals surface area contributed by atoms with Gasteiger partial charge in [0.05, 0.1) is 44.8 Å². The highest BCUT2D eigenvalue weighted by Gasteiger charge is 2.40. The summed E-state index contributed by atoms with van der Waals surface area (Å²) in [5.74, 6) is -5.11. The van der Waals surface area contributed by atoms with E-state index in [1.165, 1.54) is 60.7 Å². The molecular weight excluding hydrogens is 556 g/mol. The van der Waals surface area contributed by atoms with Gasteiger partial charge in [-0.3, -0.25) is 19.2 Å². The summed E-state index contributed by atoms with van der Waals surface area (Å²) < 4.78 is 5.88. The summed E-state index contributed by atoms with van der Waals surface area (Å²) in [4.78, 5) is 78.1. The van der Waals surface area contributed by atoms with E-state index in [0.29, 0.717) is 11.1 Å². The molecule has 0 bridgehead atoms. The number of rotatable bonds is 6. The first-order valence-electron chi connectivity index (χ1n) is 12.9. The quantitative estimate of drug-likeness (QED) is 0.298. The van der Waals surface area contributed by atoms with E-state index in [1.807, 2.05) is 0 Å². The predicted octanol–water partition coefficient (Wildman–Crippen LogP) is 5.09. The Balaban J connectivity index is 1.30. The number of imide groups is 2. The van der Waals surface area contributed by atoms with Crippen LogP contribution in [0, 0.1) is 13.8 Å². The van der Waals surface area contributed by atoms with Crippen LogP contribution < -0.4 is 14.5 Å². The number of fused-ring (bicyclic) bond motifs is 2. The molecule has 11 nitrogen and oxygen atoms in total. The fourth-order valence-electron chi connectivity index (χ4n) is 5.17. The monoisotopic (exact) mass is 576 g/mol. The second-order valence-electron chi connectivity index (χ2n) is 10.1. The average Bonchev–Trinajstić information content (AvgIpc) is 3.36. The Morgan fingerprint density at radius 1 is 0.535 bits per heavy atom. The van der Waals surface area contributed by atoms with Crippen molar-refractivity contribution in [2.75, 3.05) is 9.80 Å². The molecule has 4 amide bonds. The zero-order valence-corrected chi connectivity index (χ0v) is 22.6. The van der Waals surface area contributed by atoms with Crippen LogP contribution in [0.25, 0.3) is 0 Å². The van der Waals surface area contributed by atoms with Crippen molar-refractivity contribution >= 4 is 46.9 Å².